The third-order valence-electron chi connectivity index (χ3n) is 7.68. The summed E-state index contributed by atoms with van der Waals surface area (Å²) in [5.74, 6) is 0.208. The molecule has 0 spiro atoms. The van der Waals surface area contributed by atoms with Crippen molar-refractivity contribution in [2.24, 2.45) is 5.92 Å². The van der Waals surface area contributed by atoms with Crippen LogP contribution >= 0.6 is 0 Å². The number of carbonyl (C=O) groups excluding carboxylic acids is 2. The third-order valence-corrected chi connectivity index (χ3v) is 7.68. The lowest BCUT2D eigenvalue weighted by molar-refractivity contribution is -0.146. The van der Waals surface area contributed by atoms with Crippen molar-refractivity contribution in [3.8, 4) is 0 Å². The first-order chi connectivity index (χ1) is 16.1. The second-order valence-corrected chi connectivity index (χ2v) is 9.91. The second kappa shape index (κ2) is 9.99. The monoisotopic (exact) mass is 457 g/mol. The van der Waals surface area contributed by atoms with Gasteiger partial charge in [0, 0.05) is 38.6 Å². The highest BCUT2D eigenvalue weighted by Crippen LogP contribution is 2.32. The zero-order valence-corrected chi connectivity index (χ0v) is 19.2. The summed E-state index contributed by atoms with van der Waals surface area (Å²) < 4.78 is 11.0. The number of rotatable bonds is 5. The number of nitrogens with zero attached hydrogens (tertiary/aromatic N) is 3. The van der Waals surface area contributed by atoms with E-state index in [4.69, 9.17) is 9.47 Å². The molecule has 3 atom stereocenters. The number of carbonyl (C=O) groups is 2. The Morgan fingerprint density at radius 1 is 1.03 bits per heavy atom. The molecular weight excluding hydrogens is 422 g/mol. The zero-order valence-electron chi connectivity index (χ0n) is 19.2. The Labute approximate surface area is 195 Å². The van der Waals surface area contributed by atoms with Crippen LogP contribution in [0.15, 0.2) is 24.3 Å². The van der Waals surface area contributed by atoms with Crippen LogP contribution in [-0.2, 0) is 27.2 Å². The maximum absolute atomic E-state index is 13.1. The Bertz CT molecular complexity index is 840. The van der Waals surface area contributed by atoms with Crippen molar-refractivity contribution in [2.75, 3.05) is 46.0 Å². The first-order valence-corrected chi connectivity index (χ1v) is 12.4. The predicted molar refractivity (Wildman–Crippen MR) is 122 cm³/mol. The molecule has 180 valence electrons. The average molecular weight is 458 g/mol. The van der Waals surface area contributed by atoms with E-state index in [0.29, 0.717) is 45.7 Å². The van der Waals surface area contributed by atoms with Crippen LogP contribution in [0.5, 0.6) is 0 Å². The van der Waals surface area contributed by atoms with Gasteiger partial charge < -0.3 is 24.4 Å². The fraction of sp³-hybridized carbons (Fsp3) is 0.680. The van der Waals surface area contributed by atoms with Gasteiger partial charge in [-0.15, -0.1) is 0 Å². The van der Waals surface area contributed by atoms with E-state index in [1.54, 1.807) is 4.90 Å². The molecule has 2 bridgehead atoms. The van der Waals surface area contributed by atoms with Crippen molar-refractivity contribution >= 4 is 12.0 Å². The molecule has 3 unspecified atom stereocenters. The van der Waals surface area contributed by atoms with Crippen molar-refractivity contribution in [2.45, 2.75) is 56.8 Å². The number of hydrogen-bond acceptors (Lipinski definition) is 6. The van der Waals surface area contributed by atoms with E-state index in [9.17, 15) is 14.7 Å². The van der Waals surface area contributed by atoms with E-state index in [-0.39, 0.29) is 30.5 Å². The molecule has 3 saturated heterocycles. The number of piperidine rings is 1. The van der Waals surface area contributed by atoms with Crippen molar-refractivity contribution < 1.29 is 24.2 Å². The van der Waals surface area contributed by atoms with Crippen molar-refractivity contribution in [1.82, 2.24) is 14.7 Å². The highest BCUT2D eigenvalue weighted by atomic mass is 16.6. The summed E-state index contributed by atoms with van der Waals surface area (Å²) in [6, 6.07) is 8.86. The predicted octanol–water partition coefficient (Wildman–Crippen LogP) is 1.64. The average Bonchev–Trinajstić information content (AvgIpc) is 3.10. The van der Waals surface area contributed by atoms with Crippen LogP contribution in [-0.4, -0.2) is 96.0 Å². The van der Waals surface area contributed by atoms with Crippen LogP contribution in [0.1, 0.15) is 36.8 Å². The van der Waals surface area contributed by atoms with Gasteiger partial charge in [0.25, 0.3) is 0 Å². The molecule has 1 N–H and O–H groups in total. The number of β-amino-alcohol motifs (C(OH)–C–C–N with tert-alkyl or cyclic N) is 1. The molecule has 3 fully saturated rings. The zero-order chi connectivity index (χ0) is 22.8. The van der Waals surface area contributed by atoms with Crippen LogP contribution in [0.4, 0.5) is 4.79 Å². The molecule has 0 aromatic heterocycles. The van der Waals surface area contributed by atoms with Crippen LogP contribution in [0.3, 0.4) is 0 Å². The minimum atomic E-state index is -0.713. The minimum absolute atomic E-state index is 0.00697. The van der Waals surface area contributed by atoms with E-state index >= 15 is 0 Å². The quantitative estimate of drug-likeness (QED) is 0.724. The lowest BCUT2D eigenvalue weighted by Crippen LogP contribution is -2.53. The number of hydrogen-bond donors (Lipinski definition) is 1. The summed E-state index contributed by atoms with van der Waals surface area (Å²) in [6.07, 6.45) is 3.27. The van der Waals surface area contributed by atoms with E-state index in [1.165, 1.54) is 11.1 Å². The van der Waals surface area contributed by atoms with E-state index in [1.807, 2.05) is 6.07 Å². The van der Waals surface area contributed by atoms with E-state index < -0.39 is 12.2 Å². The van der Waals surface area contributed by atoms with E-state index in [2.05, 4.69) is 28.0 Å². The van der Waals surface area contributed by atoms with Gasteiger partial charge in [-0.3, -0.25) is 9.69 Å². The number of aliphatic hydroxyl groups excluding tert-OH is 1. The molecule has 0 aliphatic carbocycles. The number of aliphatic hydroxyl groups is 1. The Kier molecular flexibility index (Phi) is 6.85. The SMILES string of the molecule is O=C(OCC(O)CN1CCc2ccccc2C1)N1CCC(C(=O)N2C3CCC2COC3)CC1. The fourth-order valence-corrected chi connectivity index (χ4v) is 5.83. The molecule has 33 heavy (non-hydrogen) atoms. The van der Waals surface area contributed by atoms with Crippen LogP contribution in [0.25, 0.3) is 0 Å². The fourth-order valence-electron chi connectivity index (χ4n) is 5.83. The van der Waals surface area contributed by atoms with Crippen molar-refractivity contribution in [3.05, 3.63) is 35.4 Å². The van der Waals surface area contributed by atoms with Gasteiger partial charge in [0.15, 0.2) is 0 Å². The lowest BCUT2D eigenvalue weighted by Gasteiger charge is -2.39. The van der Waals surface area contributed by atoms with E-state index in [0.717, 1.165) is 32.4 Å². The van der Waals surface area contributed by atoms with Gasteiger partial charge in [-0.25, -0.2) is 4.79 Å². The highest BCUT2D eigenvalue weighted by Gasteiger charge is 2.43. The number of morpholine rings is 1. The number of fused-ring (bicyclic) bond motifs is 3. The number of likely N-dealkylation sites (tertiary alicyclic amines) is 1. The van der Waals surface area contributed by atoms with Gasteiger partial charge in [-0.2, -0.15) is 0 Å². The Morgan fingerprint density at radius 3 is 2.45 bits per heavy atom. The van der Waals surface area contributed by atoms with Gasteiger partial charge in [-0.1, -0.05) is 24.3 Å². The van der Waals surface area contributed by atoms with Crippen LogP contribution in [0.2, 0.25) is 0 Å². The number of amides is 2. The van der Waals surface area contributed by atoms with Gasteiger partial charge in [0.2, 0.25) is 5.91 Å². The summed E-state index contributed by atoms with van der Waals surface area (Å²) in [5, 5.41) is 10.4. The molecule has 1 aromatic carbocycles. The number of benzene rings is 1. The molecule has 1 aromatic rings. The molecule has 8 heteroatoms. The molecule has 0 saturated carbocycles. The van der Waals surface area contributed by atoms with Gasteiger partial charge in [-0.05, 0) is 43.2 Å². The summed E-state index contributed by atoms with van der Waals surface area (Å²) in [7, 11) is 0. The molecule has 5 rings (SSSR count). The summed E-state index contributed by atoms with van der Waals surface area (Å²) in [6.45, 7) is 4.54. The van der Waals surface area contributed by atoms with Crippen molar-refractivity contribution in [1.29, 1.82) is 0 Å². The first-order valence-electron chi connectivity index (χ1n) is 12.4. The highest BCUT2D eigenvalue weighted by molar-refractivity contribution is 5.80. The molecule has 8 nitrogen and oxygen atoms in total. The smallest absolute Gasteiger partial charge is 0.409 e. The summed E-state index contributed by atoms with van der Waals surface area (Å²) >= 11 is 0. The molecule has 4 heterocycles. The largest absolute Gasteiger partial charge is 0.447 e. The molecule has 4 aliphatic heterocycles. The van der Waals surface area contributed by atoms with Gasteiger partial charge in [0.1, 0.15) is 12.7 Å². The van der Waals surface area contributed by atoms with Crippen molar-refractivity contribution in [3.63, 3.8) is 0 Å². The Morgan fingerprint density at radius 2 is 1.73 bits per heavy atom. The summed E-state index contributed by atoms with van der Waals surface area (Å²) in [4.78, 5) is 31.5. The maximum atomic E-state index is 13.1. The van der Waals surface area contributed by atoms with Gasteiger partial charge in [0.05, 0.1) is 25.3 Å². The first kappa shape index (κ1) is 22.6. The maximum Gasteiger partial charge on any atom is 0.409 e. The summed E-state index contributed by atoms with van der Waals surface area (Å²) in [5.41, 5.74) is 2.67. The van der Waals surface area contributed by atoms with Crippen LogP contribution in [0, 0.1) is 5.92 Å². The lowest BCUT2D eigenvalue weighted by atomic mass is 9.94. The molecule has 0 radical (unpaired) electrons. The standard InChI is InChI=1S/C25H35N3O5/c29-23(14-26-10-7-18-3-1-2-4-20(18)13-26)17-33-25(31)27-11-8-19(9-12-27)24(30)28-21-5-6-22(28)16-32-15-21/h1-4,19,21-23,29H,5-17H2. The van der Waals surface area contributed by atoms with Crippen LogP contribution < -0.4 is 0 Å². The topological polar surface area (TPSA) is 82.6 Å². The molecule has 4 aliphatic rings. The Balaban J connectivity index is 1.03. The van der Waals surface area contributed by atoms with Gasteiger partial charge >= 0.3 is 6.09 Å². The Hall–Kier alpha value is -2.16. The second-order valence-electron chi connectivity index (χ2n) is 9.91. The molecule has 2 amide bonds. The third kappa shape index (κ3) is 5.03. The normalized spacial score (nSPS) is 26.7. The minimum Gasteiger partial charge on any atom is -0.447 e. The number of ether oxygens (including phenoxy) is 2. The molecular formula is C25H35N3O5.